The predicted octanol–water partition coefficient (Wildman–Crippen LogP) is 1.20. The zero-order valence-corrected chi connectivity index (χ0v) is 14.8. The number of nitro groups is 1. The highest BCUT2D eigenvalue weighted by Gasteiger charge is 2.23. The molecule has 0 unspecified atom stereocenters. The molecule has 2 fully saturated rings. The van der Waals surface area contributed by atoms with E-state index in [1.807, 2.05) is 11.0 Å². The summed E-state index contributed by atoms with van der Waals surface area (Å²) in [6, 6.07) is 6.64. The molecule has 0 saturated carbocycles. The van der Waals surface area contributed by atoms with Gasteiger partial charge in [0.15, 0.2) is 0 Å². The van der Waals surface area contributed by atoms with Crippen molar-refractivity contribution < 1.29 is 19.2 Å². The predicted molar refractivity (Wildman–Crippen MR) is 97.1 cm³/mol. The maximum atomic E-state index is 12.5. The first kappa shape index (κ1) is 18.8. The lowest BCUT2D eigenvalue weighted by atomic mass is 10.1. The summed E-state index contributed by atoms with van der Waals surface area (Å²) in [5.74, 6) is -0.388. The van der Waals surface area contributed by atoms with Crippen LogP contribution in [-0.4, -0.2) is 68.3 Å². The molecule has 0 N–H and O–H groups in total. The van der Waals surface area contributed by atoms with E-state index in [0.29, 0.717) is 63.9 Å². The van der Waals surface area contributed by atoms with E-state index in [-0.39, 0.29) is 17.2 Å². The molecule has 1 amide bonds. The van der Waals surface area contributed by atoms with Gasteiger partial charge in [-0.1, -0.05) is 6.07 Å². The highest BCUT2D eigenvalue weighted by atomic mass is 16.6. The minimum Gasteiger partial charge on any atom is -0.378 e. The highest BCUT2D eigenvalue weighted by Crippen LogP contribution is 2.30. The Morgan fingerprint density at radius 3 is 2.37 bits per heavy atom. The van der Waals surface area contributed by atoms with E-state index < -0.39 is 4.92 Å². The average Bonchev–Trinajstić information content (AvgIpc) is 2.72. The Labute approximate surface area is 156 Å². The summed E-state index contributed by atoms with van der Waals surface area (Å²) in [5.41, 5.74) is 0.849. The van der Waals surface area contributed by atoms with E-state index in [9.17, 15) is 20.2 Å². The smallest absolute Gasteiger partial charge is 0.293 e. The van der Waals surface area contributed by atoms with Crippen molar-refractivity contribution in [2.24, 2.45) is 0 Å². The SMILES string of the molecule is N#C/C(=C\c1ccc(N2CCOCC2)c([N+](=O)[O-])c1)C(=O)N1CCOCC1. The molecule has 9 heteroatoms. The Kier molecular flexibility index (Phi) is 6.01. The molecular weight excluding hydrogens is 352 g/mol. The first-order chi connectivity index (χ1) is 13.1. The standard InChI is InChI=1S/C18H20N4O5/c19-13-15(18(23)21-5-9-27-10-6-21)11-14-1-2-16(17(12-14)22(24)25)20-3-7-26-8-4-20/h1-2,11-12H,3-10H2/b15-11+. The largest absolute Gasteiger partial charge is 0.378 e. The van der Waals surface area contributed by atoms with Crippen molar-refractivity contribution in [3.8, 4) is 6.07 Å². The van der Waals surface area contributed by atoms with Gasteiger partial charge in [-0.3, -0.25) is 14.9 Å². The number of benzene rings is 1. The Morgan fingerprint density at radius 2 is 1.78 bits per heavy atom. The minimum absolute atomic E-state index is 0.0506. The van der Waals surface area contributed by atoms with Gasteiger partial charge in [0.2, 0.25) is 0 Å². The van der Waals surface area contributed by atoms with E-state index in [0.717, 1.165) is 0 Å². The number of ether oxygens (including phenoxy) is 2. The Morgan fingerprint density at radius 1 is 1.15 bits per heavy atom. The number of nitrogens with zero attached hydrogens (tertiary/aromatic N) is 4. The van der Waals surface area contributed by atoms with Crippen molar-refractivity contribution in [2.75, 3.05) is 57.5 Å². The van der Waals surface area contributed by atoms with Crippen molar-refractivity contribution >= 4 is 23.4 Å². The number of carbonyl (C=O) groups is 1. The average molecular weight is 372 g/mol. The Bertz CT molecular complexity index is 789. The number of nitriles is 1. The van der Waals surface area contributed by atoms with E-state index in [4.69, 9.17) is 9.47 Å². The summed E-state index contributed by atoms with van der Waals surface area (Å²) in [4.78, 5) is 27.0. The fraction of sp³-hybridized carbons (Fsp3) is 0.444. The molecule has 0 spiro atoms. The second kappa shape index (κ2) is 8.62. The summed E-state index contributed by atoms with van der Waals surface area (Å²) in [6.45, 7) is 3.91. The third kappa shape index (κ3) is 4.42. The van der Waals surface area contributed by atoms with Crippen LogP contribution in [0.15, 0.2) is 23.8 Å². The molecule has 3 rings (SSSR count). The first-order valence-electron chi connectivity index (χ1n) is 8.70. The first-order valence-corrected chi connectivity index (χ1v) is 8.70. The molecule has 1 aromatic carbocycles. The molecule has 142 valence electrons. The molecule has 0 aliphatic carbocycles. The number of amides is 1. The number of rotatable bonds is 4. The number of hydrogen-bond acceptors (Lipinski definition) is 7. The van der Waals surface area contributed by atoms with Crippen molar-refractivity contribution in [2.45, 2.75) is 0 Å². The van der Waals surface area contributed by atoms with Gasteiger partial charge in [-0.05, 0) is 17.7 Å². The van der Waals surface area contributed by atoms with Crippen LogP contribution in [0.25, 0.3) is 6.08 Å². The highest BCUT2D eigenvalue weighted by molar-refractivity contribution is 6.01. The van der Waals surface area contributed by atoms with Crippen LogP contribution in [0.3, 0.4) is 0 Å². The molecule has 0 atom stereocenters. The van der Waals surface area contributed by atoms with Gasteiger partial charge in [0.25, 0.3) is 11.6 Å². The summed E-state index contributed by atoms with van der Waals surface area (Å²) in [5, 5.41) is 20.9. The third-order valence-corrected chi connectivity index (χ3v) is 4.51. The zero-order valence-electron chi connectivity index (χ0n) is 14.8. The van der Waals surface area contributed by atoms with E-state index in [2.05, 4.69) is 0 Å². The maximum absolute atomic E-state index is 12.5. The van der Waals surface area contributed by atoms with Gasteiger partial charge in [-0.2, -0.15) is 5.26 Å². The van der Waals surface area contributed by atoms with Gasteiger partial charge in [-0.25, -0.2) is 0 Å². The molecule has 0 radical (unpaired) electrons. The summed E-state index contributed by atoms with van der Waals surface area (Å²) >= 11 is 0. The molecule has 2 aliphatic heterocycles. The Balaban J connectivity index is 1.87. The topological polar surface area (TPSA) is 109 Å². The van der Waals surface area contributed by atoms with Gasteiger partial charge < -0.3 is 19.3 Å². The summed E-state index contributed by atoms with van der Waals surface area (Å²) in [6.07, 6.45) is 1.40. The summed E-state index contributed by atoms with van der Waals surface area (Å²) < 4.78 is 10.5. The van der Waals surface area contributed by atoms with Crippen molar-refractivity contribution in [1.82, 2.24) is 4.90 Å². The summed E-state index contributed by atoms with van der Waals surface area (Å²) in [7, 11) is 0. The van der Waals surface area contributed by atoms with Crippen LogP contribution in [0.1, 0.15) is 5.56 Å². The van der Waals surface area contributed by atoms with Crippen molar-refractivity contribution in [3.05, 3.63) is 39.4 Å². The molecule has 0 aromatic heterocycles. The van der Waals surface area contributed by atoms with Gasteiger partial charge in [0.05, 0.1) is 31.4 Å². The van der Waals surface area contributed by atoms with Gasteiger partial charge in [0.1, 0.15) is 17.3 Å². The van der Waals surface area contributed by atoms with Crippen LogP contribution < -0.4 is 4.90 Å². The third-order valence-electron chi connectivity index (χ3n) is 4.51. The number of carbonyl (C=O) groups excluding carboxylic acids is 1. The van der Waals surface area contributed by atoms with Gasteiger partial charge in [-0.15, -0.1) is 0 Å². The van der Waals surface area contributed by atoms with Crippen LogP contribution in [0.5, 0.6) is 0 Å². The molecule has 2 saturated heterocycles. The van der Waals surface area contributed by atoms with Crippen LogP contribution in [-0.2, 0) is 14.3 Å². The van der Waals surface area contributed by atoms with Gasteiger partial charge >= 0.3 is 0 Å². The van der Waals surface area contributed by atoms with Crippen LogP contribution in [0, 0.1) is 21.4 Å². The monoisotopic (exact) mass is 372 g/mol. The minimum atomic E-state index is -0.446. The Hall–Kier alpha value is -2.96. The molecule has 0 bridgehead atoms. The molecule has 2 heterocycles. The fourth-order valence-corrected chi connectivity index (χ4v) is 3.09. The second-order valence-electron chi connectivity index (χ2n) is 6.18. The number of morpholine rings is 2. The quantitative estimate of drug-likeness (QED) is 0.338. The van der Waals surface area contributed by atoms with Crippen LogP contribution in [0.2, 0.25) is 0 Å². The lowest BCUT2D eigenvalue weighted by Crippen LogP contribution is -2.41. The van der Waals surface area contributed by atoms with E-state index in [1.54, 1.807) is 17.0 Å². The lowest BCUT2D eigenvalue weighted by Gasteiger charge is -2.28. The molecule has 2 aliphatic rings. The van der Waals surface area contributed by atoms with Crippen molar-refractivity contribution in [3.63, 3.8) is 0 Å². The van der Waals surface area contributed by atoms with Gasteiger partial charge in [0, 0.05) is 32.2 Å². The second-order valence-corrected chi connectivity index (χ2v) is 6.18. The molecule has 1 aromatic rings. The maximum Gasteiger partial charge on any atom is 0.293 e. The lowest BCUT2D eigenvalue weighted by molar-refractivity contribution is -0.384. The zero-order chi connectivity index (χ0) is 19.2. The number of hydrogen-bond donors (Lipinski definition) is 0. The van der Waals surface area contributed by atoms with E-state index >= 15 is 0 Å². The molecule has 9 nitrogen and oxygen atoms in total. The molecular formula is C18H20N4O5. The number of anilines is 1. The normalized spacial score (nSPS) is 18.1. The van der Waals surface area contributed by atoms with Crippen molar-refractivity contribution in [1.29, 1.82) is 5.26 Å². The van der Waals surface area contributed by atoms with Crippen LogP contribution in [0.4, 0.5) is 11.4 Å². The van der Waals surface area contributed by atoms with E-state index in [1.165, 1.54) is 12.1 Å². The number of nitro benzene ring substituents is 1. The molecule has 27 heavy (non-hydrogen) atoms. The fourth-order valence-electron chi connectivity index (χ4n) is 3.09. The van der Waals surface area contributed by atoms with Crippen LogP contribution >= 0.6 is 0 Å².